The number of aromatic carboxylic acids is 1. The molecule has 1 unspecified atom stereocenters. The van der Waals surface area contributed by atoms with E-state index in [1.165, 1.54) is 11.1 Å². The van der Waals surface area contributed by atoms with Crippen molar-refractivity contribution in [1.82, 2.24) is 4.98 Å². The summed E-state index contributed by atoms with van der Waals surface area (Å²) in [6.45, 7) is 0.508. The van der Waals surface area contributed by atoms with Gasteiger partial charge in [-0.15, -0.1) is 0 Å². The molecule has 0 radical (unpaired) electrons. The van der Waals surface area contributed by atoms with Crippen molar-refractivity contribution in [1.29, 1.82) is 0 Å². The second kappa shape index (κ2) is 4.75. The molecule has 1 fully saturated rings. The molecule has 6 heteroatoms. The molecule has 90 valence electrons. The van der Waals surface area contributed by atoms with Gasteiger partial charge >= 0.3 is 5.97 Å². The molecule has 1 atom stereocenters. The second-order valence-corrected chi connectivity index (χ2v) is 4.30. The van der Waals surface area contributed by atoms with Gasteiger partial charge in [-0.1, -0.05) is 0 Å². The van der Waals surface area contributed by atoms with E-state index in [1.54, 1.807) is 12.1 Å². The van der Waals surface area contributed by atoms with Crippen LogP contribution in [0.3, 0.4) is 0 Å². The van der Waals surface area contributed by atoms with Crippen molar-refractivity contribution in [2.24, 2.45) is 5.92 Å². The van der Waals surface area contributed by atoms with E-state index in [9.17, 15) is 9.59 Å². The molecule has 0 spiro atoms. The number of anilines is 1. The number of carboxylic acids is 1. The van der Waals surface area contributed by atoms with Gasteiger partial charge in [-0.25, -0.2) is 9.78 Å². The topological polar surface area (TPSA) is 70.5 Å². The molecule has 1 amide bonds. The van der Waals surface area contributed by atoms with Gasteiger partial charge in [0.1, 0.15) is 0 Å². The molecule has 0 bridgehead atoms. The lowest BCUT2D eigenvalue weighted by molar-refractivity contribution is -0.117. The Morgan fingerprint density at radius 1 is 1.65 bits per heavy atom. The summed E-state index contributed by atoms with van der Waals surface area (Å²) < 4.78 is 0. The van der Waals surface area contributed by atoms with Gasteiger partial charge in [0.2, 0.25) is 5.91 Å². The van der Waals surface area contributed by atoms with Crippen LogP contribution in [0.4, 0.5) is 5.69 Å². The van der Waals surface area contributed by atoms with Gasteiger partial charge < -0.3 is 10.0 Å². The summed E-state index contributed by atoms with van der Waals surface area (Å²) in [6.07, 6.45) is 1.82. The molecule has 1 N–H and O–H groups in total. The van der Waals surface area contributed by atoms with Crippen LogP contribution in [0.15, 0.2) is 18.3 Å². The van der Waals surface area contributed by atoms with E-state index in [0.29, 0.717) is 24.4 Å². The van der Waals surface area contributed by atoms with E-state index < -0.39 is 5.97 Å². The predicted molar refractivity (Wildman–Crippen MR) is 65.5 cm³/mol. The molecule has 1 aromatic rings. The molecule has 0 aliphatic carbocycles. The summed E-state index contributed by atoms with van der Waals surface area (Å²) in [6, 6.07) is 3.23. The van der Waals surface area contributed by atoms with Gasteiger partial charge in [-0.3, -0.25) is 4.79 Å². The summed E-state index contributed by atoms with van der Waals surface area (Å²) in [5.41, 5.74) is 0.287. The Labute approximate surface area is 104 Å². The minimum atomic E-state index is -1.12. The maximum atomic E-state index is 11.8. The highest BCUT2D eigenvalue weighted by Crippen LogP contribution is 2.27. The Balaban J connectivity index is 2.35. The number of hydrogen-bond donors (Lipinski definition) is 2. The van der Waals surface area contributed by atoms with Crippen LogP contribution in [0.2, 0.25) is 0 Å². The van der Waals surface area contributed by atoms with Gasteiger partial charge in [-0.05, 0) is 23.8 Å². The molecule has 1 aromatic heterocycles. The Hall–Kier alpha value is -1.56. The molecule has 2 rings (SSSR count). The fourth-order valence-corrected chi connectivity index (χ4v) is 2.16. The largest absolute Gasteiger partial charge is 0.476 e. The molecule has 1 aliphatic heterocycles. The van der Waals surface area contributed by atoms with E-state index in [-0.39, 0.29) is 17.5 Å². The van der Waals surface area contributed by atoms with Gasteiger partial charge in [0.05, 0.1) is 5.69 Å². The standard InChI is InChI=1S/C11H12N2O3S/c14-9-4-7(6-17)5-13(9)8-2-1-3-12-10(8)11(15)16/h1-3,7,17H,4-6H2,(H,15,16). The Morgan fingerprint density at radius 3 is 3.00 bits per heavy atom. The zero-order valence-electron chi connectivity index (χ0n) is 9.04. The van der Waals surface area contributed by atoms with Crippen molar-refractivity contribution in [3.63, 3.8) is 0 Å². The number of amides is 1. The van der Waals surface area contributed by atoms with Crippen LogP contribution in [0.5, 0.6) is 0 Å². The Bertz CT molecular complexity index is 464. The van der Waals surface area contributed by atoms with E-state index in [2.05, 4.69) is 17.6 Å². The van der Waals surface area contributed by atoms with Crippen molar-refractivity contribution in [3.8, 4) is 0 Å². The average molecular weight is 252 g/mol. The fraction of sp³-hybridized carbons (Fsp3) is 0.364. The third-order valence-corrected chi connectivity index (χ3v) is 3.26. The number of hydrogen-bond acceptors (Lipinski definition) is 4. The number of nitrogens with zero attached hydrogens (tertiary/aromatic N) is 2. The molecule has 1 saturated heterocycles. The quantitative estimate of drug-likeness (QED) is 0.789. The van der Waals surface area contributed by atoms with Crippen LogP contribution in [0, 0.1) is 5.92 Å². The highest BCUT2D eigenvalue weighted by molar-refractivity contribution is 7.80. The third kappa shape index (κ3) is 2.26. The lowest BCUT2D eigenvalue weighted by Crippen LogP contribution is -2.27. The minimum Gasteiger partial charge on any atom is -0.476 e. The van der Waals surface area contributed by atoms with Gasteiger partial charge in [0.25, 0.3) is 0 Å². The van der Waals surface area contributed by atoms with Crippen molar-refractivity contribution in [2.45, 2.75) is 6.42 Å². The number of pyridine rings is 1. The molecule has 2 heterocycles. The Kier molecular flexibility index (Phi) is 3.33. The Morgan fingerprint density at radius 2 is 2.41 bits per heavy atom. The molecular weight excluding hydrogens is 240 g/mol. The van der Waals surface area contributed by atoms with Crippen molar-refractivity contribution >= 4 is 30.2 Å². The molecule has 0 aromatic carbocycles. The molecule has 17 heavy (non-hydrogen) atoms. The number of carbonyl (C=O) groups is 2. The van der Waals surface area contributed by atoms with Crippen LogP contribution >= 0.6 is 12.6 Å². The number of rotatable bonds is 3. The second-order valence-electron chi connectivity index (χ2n) is 3.93. The van der Waals surface area contributed by atoms with Crippen LogP contribution in [-0.2, 0) is 4.79 Å². The first-order valence-corrected chi connectivity index (χ1v) is 5.86. The molecule has 5 nitrogen and oxygen atoms in total. The first-order chi connectivity index (χ1) is 8.13. The number of aromatic nitrogens is 1. The number of carbonyl (C=O) groups excluding carboxylic acids is 1. The molecular formula is C11H12N2O3S. The smallest absolute Gasteiger partial charge is 0.356 e. The van der Waals surface area contributed by atoms with Crippen molar-refractivity contribution in [3.05, 3.63) is 24.0 Å². The summed E-state index contributed by atoms with van der Waals surface area (Å²) >= 11 is 4.17. The third-order valence-electron chi connectivity index (χ3n) is 2.74. The maximum Gasteiger partial charge on any atom is 0.356 e. The summed E-state index contributed by atoms with van der Waals surface area (Å²) in [4.78, 5) is 28.1. The lowest BCUT2D eigenvalue weighted by atomic mass is 10.1. The van der Waals surface area contributed by atoms with Crippen molar-refractivity contribution < 1.29 is 14.7 Å². The van der Waals surface area contributed by atoms with Crippen LogP contribution in [0.25, 0.3) is 0 Å². The minimum absolute atomic E-state index is 0.0699. The highest BCUT2D eigenvalue weighted by Gasteiger charge is 2.32. The van der Waals surface area contributed by atoms with Crippen LogP contribution < -0.4 is 4.90 Å². The molecule has 0 saturated carbocycles. The SMILES string of the molecule is O=C(O)c1ncccc1N1CC(CS)CC1=O. The summed E-state index contributed by atoms with van der Waals surface area (Å²) in [5.74, 6) is -0.403. The fourth-order valence-electron chi connectivity index (χ4n) is 1.92. The lowest BCUT2D eigenvalue weighted by Gasteiger charge is -2.17. The van der Waals surface area contributed by atoms with E-state index in [1.807, 2.05) is 0 Å². The highest BCUT2D eigenvalue weighted by atomic mass is 32.1. The van der Waals surface area contributed by atoms with E-state index >= 15 is 0 Å². The first-order valence-electron chi connectivity index (χ1n) is 5.23. The summed E-state index contributed by atoms with van der Waals surface area (Å²) in [5, 5.41) is 9.02. The van der Waals surface area contributed by atoms with Gasteiger partial charge in [0.15, 0.2) is 5.69 Å². The van der Waals surface area contributed by atoms with Gasteiger partial charge in [0, 0.05) is 19.2 Å². The van der Waals surface area contributed by atoms with Gasteiger partial charge in [-0.2, -0.15) is 12.6 Å². The monoisotopic (exact) mass is 252 g/mol. The normalized spacial score (nSPS) is 19.7. The van der Waals surface area contributed by atoms with E-state index in [4.69, 9.17) is 5.11 Å². The molecule has 1 aliphatic rings. The number of carboxylic acid groups (broad SMARTS) is 1. The van der Waals surface area contributed by atoms with Crippen molar-refractivity contribution in [2.75, 3.05) is 17.2 Å². The maximum absolute atomic E-state index is 11.8. The zero-order valence-corrected chi connectivity index (χ0v) is 9.93. The summed E-state index contributed by atoms with van der Waals surface area (Å²) in [7, 11) is 0. The average Bonchev–Trinajstić information content (AvgIpc) is 2.70. The predicted octanol–water partition coefficient (Wildman–Crippen LogP) is 1.06. The van der Waals surface area contributed by atoms with Crippen LogP contribution in [0.1, 0.15) is 16.9 Å². The number of thiol groups is 1. The van der Waals surface area contributed by atoms with E-state index in [0.717, 1.165) is 0 Å². The van der Waals surface area contributed by atoms with Crippen LogP contribution in [-0.4, -0.2) is 34.3 Å². The first kappa shape index (κ1) is 11.9. The zero-order chi connectivity index (χ0) is 12.4.